The van der Waals surface area contributed by atoms with E-state index >= 15 is 0 Å². The summed E-state index contributed by atoms with van der Waals surface area (Å²) in [7, 11) is 0. The first-order valence-corrected chi connectivity index (χ1v) is 6.17. The highest BCUT2D eigenvalue weighted by atomic mass is 16.3. The number of benzene rings is 1. The third-order valence-electron chi connectivity index (χ3n) is 3.33. The van der Waals surface area contributed by atoms with Crippen LogP contribution in [0.5, 0.6) is 0 Å². The average molecular weight is 219 g/mol. The van der Waals surface area contributed by atoms with E-state index in [4.69, 9.17) is 0 Å². The number of aliphatic hydroxyl groups excluding tert-OH is 1. The summed E-state index contributed by atoms with van der Waals surface area (Å²) >= 11 is 0. The van der Waals surface area contributed by atoms with E-state index in [1.807, 2.05) is 6.92 Å². The molecule has 2 rings (SSSR count). The van der Waals surface area contributed by atoms with Crippen LogP contribution in [0.2, 0.25) is 0 Å². The van der Waals surface area contributed by atoms with Gasteiger partial charge in [0.1, 0.15) is 0 Å². The van der Waals surface area contributed by atoms with Gasteiger partial charge in [0.15, 0.2) is 0 Å². The first-order valence-electron chi connectivity index (χ1n) is 6.17. The Hall–Kier alpha value is -0.860. The molecule has 2 nitrogen and oxygen atoms in total. The number of hydrogen-bond donors (Lipinski definition) is 2. The first-order chi connectivity index (χ1) is 7.66. The largest absolute Gasteiger partial charge is 0.393 e. The second kappa shape index (κ2) is 4.98. The minimum Gasteiger partial charge on any atom is -0.393 e. The second-order valence-corrected chi connectivity index (χ2v) is 4.89. The lowest BCUT2D eigenvalue weighted by Gasteiger charge is -2.14. The quantitative estimate of drug-likeness (QED) is 0.814. The molecule has 0 aromatic heterocycles. The molecule has 1 aromatic carbocycles. The molecule has 1 aromatic rings. The van der Waals surface area contributed by atoms with Crippen LogP contribution in [-0.2, 0) is 6.42 Å². The Morgan fingerprint density at radius 1 is 1.50 bits per heavy atom. The molecule has 0 aliphatic heterocycles. The van der Waals surface area contributed by atoms with Crippen molar-refractivity contribution in [1.82, 2.24) is 5.32 Å². The Labute approximate surface area is 97.7 Å². The van der Waals surface area contributed by atoms with E-state index in [-0.39, 0.29) is 6.10 Å². The van der Waals surface area contributed by atoms with Gasteiger partial charge in [0.25, 0.3) is 0 Å². The molecule has 2 unspecified atom stereocenters. The van der Waals surface area contributed by atoms with E-state index in [1.165, 1.54) is 29.5 Å². The molecule has 88 valence electrons. The number of fused-ring (bicyclic) bond motifs is 1. The Morgan fingerprint density at radius 3 is 3.06 bits per heavy atom. The average Bonchev–Trinajstić information content (AvgIpc) is 2.60. The zero-order valence-electron chi connectivity index (χ0n) is 10.2. The molecule has 0 bridgehead atoms. The van der Waals surface area contributed by atoms with Crippen molar-refractivity contribution in [3.8, 4) is 0 Å². The van der Waals surface area contributed by atoms with Crippen LogP contribution in [0.25, 0.3) is 0 Å². The van der Waals surface area contributed by atoms with Gasteiger partial charge in [-0.2, -0.15) is 0 Å². The molecular formula is C14H21NO. The van der Waals surface area contributed by atoms with Crippen molar-refractivity contribution in [2.45, 2.75) is 45.3 Å². The molecule has 16 heavy (non-hydrogen) atoms. The lowest BCUT2D eigenvalue weighted by atomic mass is 10.1. The molecule has 2 atom stereocenters. The molecule has 0 saturated carbocycles. The Kier molecular flexibility index (Phi) is 3.62. The van der Waals surface area contributed by atoms with Gasteiger partial charge < -0.3 is 10.4 Å². The molecule has 0 saturated heterocycles. The Balaban J connectivity index is 1.95. The van der Waals surface area contributed by atoms with Crippen molar-refractivity contribution in [2.75, 3.05) is 6.54 Å². The van der Waals surface area contributed by atoms with Crippen LogP contribution < -0.4 is 5.32 Å². The molecule has 1 aliphatic carbocycles. The van der Waals surface area contributed by atoms with Gasteiger partial charge in [0.2, 0.25) is 0 Å². The lowest BCUT2D eigenvalue weighted by Crippen LogP contribution is -2.23. The first kappa shape index (κ1) is 11.6. The minimum atomic E-state index is -0.202. The van der Waals surface area contributed by atoms with Gasteiger partial charge in [-0.15, -0.1) is 0 Å². The summed E-state index contributed by atoms with van der Waals surface area (Å²) in [5, 5.41) is 12.7. The molecule has 1 aliphatic rings. The van der Waals surface area contributed by atoms with E-state index in [0.29, 0.717) is 6.04 Å². The van der Waals surface area contributed by atoms with Crippen LogP contribution in [0.4, 0.5) is 0 Å². The van der Waals surface area contributed by atoms with Crippen molar-refractivity contribution in [3.63, 3.8) is 0 Å². The van der Waals surface area contributed by atoms with Crippen molar-refractivity contribution in [1.29, 1.82) is 0 Å². The summed E-state index contributed by atoms with van der Waals surface area (Å²) in [6.07, 6.45) is 3.01. The molecule has 0 radical (unpaired) electrons. The SMILES string of the molecule is Cc1ccc2c(c1)CCC2NCCC(C)O. The van der Waals surface area contributed by atoms with Crippen molar-refractivity contribution >= 4 is 0 Å². The molecule has 2 heteroatoms. The lowest BCUT2D eigenvalue weighted by molar-refractivity contribution is 0.182. The maximum Gasteiger partial charge on any atom is 0.0524 e. The predicted molar refractivity (Wildman–Crippen MR) is 66.5 cm³/mol. The minimum absolute atomic E-state index is 0.202. The van der Waals surface area contributed by atoms with Crippen LogP contribution in [0.1, 0.15) is 42.5 Å². The van der Waals surface area contributed by atoms with Gasteiger partial charge in [-0.25, -0.2) is 0 Å². The van der Waals surface area contributed by atoms with E-state index in [9.17, 15) is 5.11 Å². The summed E-state index contributed by atoms with van der Waals surface area (Å²) in [5.41, 5.74) is 4.30. The van der Waals surface area contributed by atoms with Crippen LogP contribution >= 0.6 is 0 Å². The molecule has 0 spiro atoms. The summed E-state index contributed by atoms with van der Waals surface area (Å²) in [6, 6.07) is 7.23. The molecule has 2 N–H and O–H groups in total. The number of hydrogen-bond acceptors (Lipinski definition) is 2. The number of rotatable bonds is 4. The van der Waals surface area contributed by atoms with Crippen LogP contribution in [0, 0.1) is 6.92 Å². The third kappa shape index (κ3) is 2.63. The highest BCUT2D eigenvalue weighted by Gasteiger charge is 2.21. The topological polar surface area (TPSA) is 32.3 Å². The molecule has 0 heterocycles. The second-order valence-electron chi connectivity index (χ2n) is 4.89. The summed E-state index contributed by atoms with van der Waals surface area (Å²) in [5.74, 6) is 0. The standard InChI is InChI=1S/C14H21NO/c1-10-3-5-13-12(9-10)4-6-14(13)15-8-7-11(2)16/h3,5,9,11,14-16H,4,6-8H2,1-2H3. The van der Waals surface area contributed by atoms with Gasteiger partial charge in [-0.3, -0.25) is 0 Å². The van der Waals surface area contributed by atoms with E-state index in [2.05, 4.69) is 30.4 Å². The zero-order chi connectivity index (χ0) is 11.5. The van der Waals surface area contributed by atoms with Crippen molar-refractivity contribution in [2.24, 2.45) is 0 Å². The van der Waals surface area contributed by atoms with Gasteiger partial charge in [-0.05, 0) is 50.8 Å². The van der Waals surface area contributed by atoms with Crippen LogP contribution in [0.15, 0.2) is 18.2 Å². The number of aryl methyl sites for hydroxylation is 2. The molecule has 0 amide bonds. The van der Waals surface area contributed by atoms with Gasteiger partial charge in [0, 0.05) is 6.04 Å². The molecular weight excluding hydrogens is 198 g/mol. The van der Waals surface area contributed by atoms with Crippen molar-refractivity contribution < 1.29 is 5.11 Å². The van der Waals surface area contributed by atoms with E-state index in [0.717, 1.165) is 13.0 Å². The summed E-state index contributed by atoms with van der Waals surface area (Å²) in [4.78, 5) is 0. The highest BCUT2D eigenvalue weighted by molar-refractivity contribution is 5.37. The van der Waals surface area contributed by atoms with Gasteiger partial charge >= 0.3 is 0 Å². The fourth-order valence-electron chi connectivity index (χ4n) is 2.42. The normalized spacial score (nSPS) is 20.8. The summed E-state index contributed by atoms with van der Waals surface area (Å²) in [6.45, 7) is 4.89. The Bertz CT molecular complexity index is 360. The fraction of sp³-hybridized carbons (Fsp3) is 0.571. The van der Waals surface area contributed by atoms with E-state index < -0.39 is 0 Å². The third-order valence-corrected chi connectivity index (χ3v) is 3.33. The van der Waals surface area contributed by atoms with E-state index in [1.54, 1.807) is 0 Å². The monoisotopic (exact) mass is 219 g/mol. The van der Waals surface area contributed by atoms with Crippen LogP contribution in [-0.4, -0.2) is 17.8 Å². The van der Waals surface area contributed by atoms with Crippen molar-refractivity contribution in [3.05, 3.63) is 34.9 Å². The van der Waals surface area contributed by atoms with Crippen LogP contribution in [0.3, 0.4) is 0 Å². The smallest absolute Gasteiger partial charge is 0.0524 e. The maximum absolute atomic E-state index is 9.22. The van der Waals surface area contributed by atoms with Gasteiger partial charge in [-0.1, -0.05) is 23.8 Å². The summed E-state index contributed by atoms with van der Waals surface area (Å²) < 4.78 is 0. The predicted octanol–water partition coefficient (Wildman–Crippen LogP) is 2.34. The van der Waals surface area contributed by atoms with Gasteiger partial charge in [0.05, 0.1) is 6.10 Å². The number of nitrogens with one attached hydrogen (secondary N) is 1. The number of aliphatic hydroxyl groups is 1. The maximum atomic E-state index is 9.22. The zero-order valence-corrected chi connectivity index (χ0v) is 10.2. The fourth-order valence-corrected chi connectivity index (χ4v) is 2.42. The Morgan fingerprint density at radius 2 is 2.31 bits per heavy atom. The highest BCUT2D eigenvalue weighted by Crippen LogP contribution is 2.31. The molecule has 0 fully saturated rings.